The number of rotatable bonds is 6. The van der Waals surface area contributed by atoms with Crippen LogP contribution in [0.2, 0.25) is 0 Å². The van der Waals surface area contributed by atoms with Crippen LogP contribution in [0.5, 0.6) is 0 Å². The van der Waals surface area contributed by atoms with Crippen molar-refractivity contribution >= 4 is 23.2 Å². The molecule has 0 spiro atoms. The van der Waals surface area contributed by atoms with E-state index in [2.05, 4.69) is 5.32 Å². The fraction of sp³-hybridized carbons (Fsp3) is 0.500. The summed E-state index contributed by atoms with van der Waals surface area (Å²) in [5.74, 6) is 0.530. The zero-order chi connectivity index (χ0) is 15.2. The molecule has 21 heavy (non-hydrogen) atoms. The number of amides is 2. The molecule has 5 heteroatoms. The lowest BCUT2D eigenvalue weighted by Crippen LogP contribution is -2.23. The van der Waals surface area contributed by atoms with Crippen molar-refractivity contribution in [2.24, 2.45) is 11.7 Å². The van der Waals surface area contributed by atoms with Crippen LogP contribution in [0.3, 0.4) is 0 Å². The van der Waals surface area contributed by atoms with Gasteiger partial charge >= 0.3 is 0 Å². The van der Waals surface area contributed by atoms with E-state index >= 15 is 0 Å². The predicted molar refractivity (Wildman–Crippen MR) is 84.1 cm³/mol. The van der Waals surface area contributed by atoms with E-state index in [0.717, 1.165) is 30.8 Å². The van der Waals surface area contributed by atoms with Gasteiger partial charge in [-0.15, -0.1) is 0 Å². The van der Waals surface area contributed by atoms with Crippen molar-refractivity contribution in [2.75, 3.05) is 23.3 Å². The number of carbonyl (C=O) groups excluding carboxylic acids is 2. The van der Waals surface area contributed by atoms with Crippen molar-refractivity contribution < 1.29 is 9.59 Å². The van der Waals surface area contributed by atoms with Gasteiger partial charge in [0.05, 0.1) is 0 Å². The minimum atomic E-state index is 0.000277. The summed E-state index contributed by atoms with van der Waals surface area (Å²) in [6, 6.07) is 7.43. The van der Waals surface area contributed by atoms with E-state index in [1.165, 1.54) is 0 Å². The summed E-state index contributed by atoms with van der Waals surface area (Å²) in [5.41, 5.74) is 7.19. The van der Waals surface area contributed by atoms with Crippen LogP contribution >= 0.6 is 0 Å². The molecule has 1 unspecified atom stereocenters. The van der Waals surface area contributed by atoms with Crippen molar-refractivity contribution in [3.05, 3.63) is 24.3 Å². The summed E-state index contributed by atoms with van der Waals surface area (Å²) in [6.45, 7) is 3.42. The van der Waals surface area contributed by atoms with E-state index in [1.807, 2.05) is 31.2 Å². The number of benzene rings is 1. The molecule has 1 aliphatic rings. The molecule has 1 heterocycles. The maximum Gasteiger partial charge on any atom is 0.227 e. The molecule has 2 amide bonds. The van der Waals surface area contributed by atoms with Crippen LogP contribution in [0.25, 0.3) is 0 Å². The Balaban J connectivity index is 1.87. The molecule has 0 aromatic heterocycles. The number of nitrogens with zero attached hydrogens (tertiary/aromatic N) is 1. The first kappa shape index (κ1) is 15.5. The normalized spacial score (nSPS) is 16.1. The highest BCUT2D eigenvalue weighted by molar-refractivity contribution is 5.96. The molecule has 1 aromatic carbocycles. The van der Waals surface area contributed by atoms with Gasteiger partial charge in [0.2, 0.25) is 11.8 Å². The first-order valence-corrected chi connectivity index (χ1v) is 7.50. The van der Waals surface area contributed by atoms with E-state index in [9.17, 15) is 9.59 Å². The van der Waals surface area contributed by atoms with Gasteiger partial charge in [0.1, 0.15) is 0 Å². The van der Waals surface area contributed by atoms with Gasteiger partial charge in [0, 0.05) is 30.8 Å². The molecule has 1 saturated heterocycles. The number of anilines is 2. The Labute approximate surface area is 125 Å². The van der Waals surface area contributed by atoms with Crippen LogP contribution in [0, 0.1) is 5.92 Å². The molecule has 114 valence electrons. The Morgan fingerprint density at radius 2 is 2.10 bits per heavy atom. The molecule has 1 atom stereocenters. The Morgan fingerprint density at radius 3 is 2.67 bits per heavy atom. The van der Waals surface area contributed by atoms with Gasteiger partial charge < -0.3 is 16.0 Å². The van der Waals surface area contributed by atoms with Gasteiger partial charge in [-0.05, 0) is 49.6 Å². The summed E-state index contributed by atoms with van der Waals surface area (Å²) in [4.78, 5) is 25.3. The Hall–Kier alpha value is -1.88. The maximum atomic E-state index is 11.8. The first-order chi connectivity index (χ1) is 10.1. The van der Waals surface area contributed by atoms with Gasteiger partial charge in [0.25, 0.3) is 0 Å². The molecule has 0 radical (unpaired) electrons. The maximum absolute atomic E-state index is 11.8. The molecular formula is C16H23N3O2. The Bertz CT molecular complexity index is 499. The third-order valence-electron chi connectivity index (χ3n) is 3.80. The molecular weight excluding hydrogens is 266 g/mol. The molecule has 0 bridgehead atoms. The molecule has 2 rings (SSSR count). The van der Waals surface area contributed by atoms with E-state index < -0.39 is 0 Å². The quantitative estimate of drug-likeness (QED) is 0.842. The van der Waals surface area contributed by atoms with E-state index in [1.54, 1.807) is 4.90 Å². The monoisotopic (exact) mass is 289 g/mol. The molecule has 0 aliphatic carbocycles. The smallest absolute Gasteiger partial charge is 0.227 e. The minimum absolute atomic E-state index is 0.000277. The van der Waals surface area contributed by atoms with Gasteiger partial charge in [-0.1, -0.05) is 6.92 Å². The Morgan fingerprint density at radius 1 is 1.38 bits per heavy atom. The fourth-order valence-electron chi connectivity index (χ4n) is 2.36. The van der Waals surface area contributed by atoms with E-state index in [-0.39, 0.29) is 11.8 Å². The van der Waals surface area contributed by atoms with Gasteiger partial charge in [0.15, 0.2) is 0 Å². The lowest BCUT2D eigenvalue weighted by molar-refractivity contribution is -0.117. The highest BCUT2D eigenvalue weighted by atomic mass is 16.2. The molecule has 1 aromatic rings. The molecule has 1 fully saturated rings. The summed E-state index contributed by atoms with van der Waals surface area (Å²) >= 11 is 0. The minimum Gasteiger partial charge on any atom is -0.330 e. The van der Waals surface area contributed by atoms with Crippen molar-refractivity contribution in [2.45, 2.75) is 32.6 Å². The van der Waals surface area contributed by atoms with E-state index in [0.29, 0.717) is 25.3 Å². The summed E-state index contributed by atoms with van der Waals surface area (Å²) in [6.07, 6.45) is 2.81. The third-order valence-corrected chi connectivity index (χ3v) is 3.80. The first-order valence-electron chi connectivity index (χ1n) is 7.50. The number of hydrogen-bond acceptors (Lipinski definition) is 3. The van der Waals surface area contributed by atoms with Crippen LogP contribution < -0.4 is 16.0 Å². The van der Waals surface area contributed by atoms with Crippen LogP contribution in [-0.4, -0.2) is 24.9 Å². The number of nitrogens with one attached hydrogen (secondary N) is 1. The number of nitrogens with two attached hydrogens (primary N) is 1. The highest BCUT2D eigenvalue weighted by Crippen LogP contribution is 2.23. The predicted octanol–water partition coefficient (Wildman–Crippen LogP) is 2.13. The molecule has 0 saturated carbocycles. The lowest BCUT2D eigenvalue weighted by Gasteiger charge is -2.16. The third kappa shape index (κ3) is 4.29. The summed E-state index contributed by atoms with van der Waals surface area (Å²) < 4.78 is 0. The topological polar surface area (TPSA) is 75.4 Å². The highest BCUT2D eigenvalue weighted by Gasteiger charge is 2.21. The average Bonchev–Trinajstić information content (AvgIpc) is 2.91. The number of carbonyl (C=O) groups is 2. The largest absolute Gasteiger partial charge is 0.330 e. The Kier molecular flexibility index (Phi) is 5.33. The van der Waals surface area contributed by atoms with Crippen LogP contribution in [-0.2, 0) is 9.59 Å². The fourth-order valence-corrected chi connectivity index (χ4v) is 2.36. The van der Waals surface area contributed by atoms with Crippen molar-refractivity contribution in [1.82, 2.24) is 0 Å². The second-order valence-electron chi connectivity index (χ2n) is 5.62. The molecule has 1 aliphatic heterocycles. The van der Waals surface area contributed by atoms with Crippen molar-refractivity contribution in [1.29, 1.82) is 0 Å². The summed E-state index contributed by atoms with van der Waals surface area (Å²) in [5, 5.41) is 2.87. The van der Waals surface area contributed by atoms with Gasteiger partial charge in [-0.3, -0.25) is 9.59 Å². The van der Waals surface area contributed by atoms with Crippen molar-refractivity contribution in [3.63, 3.8) is 0 Å². The second kappa shape index (κ2) is 7.22. The van der Waals surface area contributed by atoms with Crippen LogP contribution in [0.4, 0.5) is 11.4 Å². The van der Waals surface area contributed by atoms with Crippen LogP contribution in [0.1, 0.15) is 32.6 Å². The number of hydrogen-bond donors (Lipinski definition) is 2. The SMILES string of the molecule is CC(CN)CCC(=O)Nc1ccc(N2CCCC2=O)cc1. The lowest BCUT2D eigenvalue weighted by atomic mass is 10.1. The van der Waals surface area contributed by atoms with E-state index in [4.69, 9.17) is 5.73 Å². The van der Waals surface area contributed by atoms with Gasteiger partial charge in [-0.2, -0.15) is 0 Å². The average molecular weight is 289 g/mol. The van der Waals surface area contributed by atoms with Gasteiger partial charge in [-0.25, -0.2) is 0 Å². The van der Waals surface area contributed by atoms with Crippen LogP contribution in [0.15, 0.2) is 24.3 Å². The molecule has 5 nitrogen and oxygen atoms in total. The molecule has 3 N–H and O–H groups in total. The zero-order valence-corrected chi connectivity index (χ0v) is 12.5. The second-order valence-corrected chi connectivity index (χ2v) is 5.62. The standard InChI is InChI=1S/C16H23N3O2/c1-12(11-17)4-9-15(20)18-13-5-7-14(8-6-13)19-10-2-3-16(19)21/h5-8,12H,2-4,9-11,17H2,1H3,(H,18,20). The van der Waals surface area contributed by atoms with Crippen molar-refractivity contribution in [3.8, 4) is 0 Å². The zero-order valence-electron chi connectivity index (χ0n) is 12.5. The summed E-state index contributed by atoms with van der Waals surface area (Å²) in [7, 11) is 0.